The van der Waals surface area contributed by atoms with Crippen molar-refractivity contribution in [3.8, 4) is 0 Å². The van der Waals surface area contributed by atoms with Crippen molar-refractivity contribution < 1.29 is 9.13 Å². The van der Waals surface area contributed by atoms with E-state index in [9.17, 15) is 4.39 Å². The molecule has 2 aliphatic heterocycles. The summed E-state index contributed by atoms with van der Waals surface area (Å²) < 4.78 is 19.2. The van der Waals surface area contributed by atoms with E-state index in [-0.39, 0.29) is 18.0 Å². The smallest absolute Gasteiger partial charge is 0.166 e. The van der Waals surface area contributed by atoms with Crippen LogP contribution in [0.2, 0.25) is 5.02 Å². The Morgan fingerprint density at radius 1 is 1.50 bits per heavy atom. The van der Waals surface area contributed by atoms with E-state index in [1.54, 1.807) is 0 Å². The molecule has 0 aromatic carbocycles. The maximum atomic E-state index is 13.5. The molecule has 86 valence electrons. The number of hydrogen-bond acceptors (Lipinski definition) is 3. The highest BCUT2D eigenvalue weighted by Crippen LogP contribution is 2.36. The molecule has 0 spiro atoms. The molecule has 1 aromatic rings. The Balaban J connectivity index is 1.74. The maximum Gasteiger partial charge on any atom is 0.166 e. The highest BCUT2D eigenvalue weighted by atomic mass is 35.5. The number of ether oxygens (including phenoxy) is 1. The number of rotatable bonds is 2. The third kappa shape index (κ3) is 1.76. The first-order valence-corrected chi connectivity index (χ1v) is 5.83. The lowest BCUT2D eigenvalue weighted by Gasteiger charge is -2.20. The Morgan fingerprint density at radius 2 is 2.38 bits per heavy atom. The molecule has 3 heterocycles. The quantitative estimate of drug-likeness (QED) is 0.866. The predicted octanol–water partition coefficient (Wildman–Crippen LogP) is 2.61. The zero-order chi connectivity index (χ0) is 11.1. The summed E-state index contributed by atoms with van der Waals surface area (Å²) in [5.74, 6) is -0.138. The SMILES string of the molecule is Fc1cc(Cl)cnc1NC1CC2CCC1O2. The fourth-order valence-corrected chi connectivity index (χ4v) is 2.63. The first kappa shape index (κ1) is 10.3. The Bertz CT molecular complexity index is 415. The van der Waals surface area contributed by atoms with Crippen LogP contribution in [0.5, 0.6) is 0 Å². The molecule has 0 amide bonds. The van der Waals surface area contributed by atoms with Gasteiger partial charge in [-0.2, -0.15) is 0 Å². The summed E-state index contributed by atoms with van der Waals surface area (Å²) in [5, 5.41) is 3.41. The van der Waals surface area contributed by atoms with Crippen molar-refractivity contribution in [3.63, 3.8) is 0 Å². The van der Waals surface area contributed by atoms with Crippen LogP contribution in [0, 0.1) is 5.82 Å². The van der Waals surface area contributed by atoms with E-state index in [0.29, 0.717) is 11.1 Å². The van der Waals surface area contributed by atoms with Crippen molar-refractivity contribution in [3.05, 3.63) is 23.1 Å². The third-order valence-electron chi connectivity index (χ3n) is 3.24. The van der Waals surface area contributed by atoms with E-state index in [1.807, 2.05) is 0 Å². The molecule has 3 rings (SSSR count). The predicted molar refractivity (Wildman–Crippen MR) is 59.1 cm³/mol. The minimum Gasteiger partial charge on any atom is -0.373 e. The second-order valence-corrected chi connectivity index (χ2v) is 4.78. The molecule has 16 heavy (non-hydrogen) atoms. The topological polar surface area (TPSA) is 34.2 Å². The van der Waals surface area contributed by atoms with Gasteiger partial charge in [0.2, 0.25) is 0 Å². The van der Waals surface area contributed by atoms with E-state index < -0.39 is 5.82 Å². The average molecular weight is 243 g/mol. The fraction of sp³-hybridized carbons (Fsp3) is 0.545. The van der Waals surface area contributed by atoms with Gasteiger partial charge in [0.1, 0.15) is 0 Å². The van der Waals surface area contributed by atoms with Crippen molar-refractivity contribution in [1.82, 2.24) is 4.98 Å². The number of anilines is 1. The van der Waals surface area contributed by atoms with Gasteiger partial charge in [-0.3, -0.25) is 0 Å². The van der Waals surface area contributed by atoms with Crippen LogP contribution in [0.15, 0.2) is 12.3 Å². The molecule has 3 unspecified atom stereocenters. The molecule has 3 atom stereocenters. The van der Waals surface area contributed by atoms with Gasteiger partial charge < -0.3 is 10.1 Å². The number of halogens is 2. The molecule has 1 N–H and O–H groups in total. The Labute approximate surface area is 98.0 Å². The van der Waals surface area contributed by atoms with Crippen molar-refractivity contribution >= 4 is 17.4 Å². The van der Waals surface area contributed by atoms with Crippen LogP contribution in [0.3, 0.4) is 0 Å². The third-order valence-corrected chi connectivity index (χ3v) is 3.44. The van der Waals surface area contributed by atoms with Crippen LogP contribution in [-0.4, -0.2) is 23.2 Å². The number of pyridine rings is 1. The highest BCUT2D eigenvalue weighted by Gasteiger charge is 2.41. The standard InChI is InChI=1S/C11H12ClFN2O/c12-6-3-8(13)11(14-5-6)15-9-4-7-1-2-10(9)16-7/h3,5,7,9-10H,1-2,4H2,(H,14,15). The fourth-order valence-electron chi connectivity index (χ4n) is 2.49. The number of aromatic nitrogens is 1. The lowest BCUT2D eigenvalue weighted by atomic mass is 9.95. The van der Waals surface area contributed by atoms with E-state index in [4.69, 9.17) is 16.3 Å². The van der Waals surface area contributed by atoms with E-state index in [0.717, 1.165) is 19.3 Å². The molecule has 2 bridgehead atoms. The summed E-state index contributed by atoms with van der Waals surface area (Å²) in [7, 11) is 0. The molecule has 0 radical (unpaired) electrons. The Hall–Kier alpha value is -0.870. The van der Waals surface area contributed by atoms with Crippen molar-refractivity contribution in [2.45, 2.75) is 37.5 Å². The van der Waals surface area contributed by atoms with Crippen molar-refractivity contribution in [2.24, 2.45) is 0 Å². The van der Waals surface area contributed by atoms with Crippen molar-refractivity contribution in [1.29, 1.82) is 0 Å². The maximum absolute atomic E-state index is 13.5. The van der Waals surface area contributed by atoms with Crippen LogP contribution < -0.4 is 5.32 Å². The van der Waals surface area contributed by atoms with Crippen LogP contribution in [0.4, 0.5) is 10.2 Å². The first-order valence-electron chi connectivity index (χ1n) is 5.45. The first-order chi connectivity index (χ1) is 7.72. The second-order valence-electron chi connectivity index (χ2n) is 4.34. The minimum atomic E-state index is -0.407. The lowest BCUT2D eigenvalue weighted by Crippen LogP contribution is -2.31. The van der Waals surface area contributed by atoms with Crippen LogP contribution >= 0.6 is 11.6 Å². The molecule has 0 aliphatic carbocycles. The molecule has 3 nitrogen and oxygen atoms in total. The lowest BCUT2D eigenvalue weighted by molar-refractivity contribution is 0.102. The number of nitrogens with zero attached hydrogens (tertiary/aromatic N) is 1. The molecule has 1 aromatic heterocycles. The van der Waals surface area contributed by atoms with Gasteiger partial charge in [-0.1, -0.05) is 11.6 Å². The molecule has 0 saturated carbocycles. The van der Waals surface area contributed by atoms with E-state index in [2.05, 4.69) is 10.3 Å². The molecule has 2 fully saturated rings. The summed E-state index contributed by atoms with van der Waals surface area (Å²) in [6.45, 7) is 0. The Kier molecular flexibility index (Phi) is 2.48. The van der Waals surface area contributed by atoms with Gasteiger partial charge >= 0.3 is 0 Å². The van der Waals surface area contributed by atoms with Gasteiger partial charge in [0.15, 0.2) is 11.6 Å². The van der Waals surface area contributed by atoms with Crippen LogP contribution in [0.25, 0.3) is 0 Å². The van der Waals surface area contributed by atoms with E-state index >= 15 is 0 Å². The molecule has 2 saturated heterocycles. The summed E-state index contributed by atoms with van der Waals surface area (Å²) in [6.07, 6.45) is 5.12. The highest BCUT2D eigenvalue weighted by molar-refractivity contribution is 6.30. The van der Waals surface area contributed by atoms with E-state index in [1.165, 1.54) is 12.3 Å². The summed E-state index contributed by atoms with van der Waals surface area (Å²) in [5.41, 5.74) is 0. The summed E-state index contributed by atoms with van der Waals surface area (Å²) in [4.78, 5) is 3.95. The molecule has 5 heteroatoms. The van der Waals surface area contributed by atoms with Crippen molar-refractivity contribution in [2.75, 3.05) is 5.32 Å². The molecular formula is C11H12ClFN2O. The van der Waals surface area contributed by atoms with Crippen LogP contribution in [0.1, 0.15) is 19.3 Å². The minimum absolute atomic E-state index is 0.182. The summed E-state index contributed by atoms with van der Waals surface area (Å²) >= 11 is 5.64. The number of nitrogens with one attached hydrogen (secondary N) is 1. The van der Waals surface area contributed by atoms with Gasteiger partial charge in [-0.05, 0) is 25.3 Å². The van der Waals surface area contributed by atoms with Gasteiger partial charge in [0.25, 0.3) is 0 Å². The van der Waals surface area contributed by atoms with Gasteiger partial charge in [0.05, 0.1) is 23.3 Å². The molecule has 2 aliphatic rings. The number of fused-ring (bicyclic) bond motifs is 2. The van der Waals surface area contributed by atoms with Crippen LogP contribution in [-0.2, 0) is 4.74 Å². The van der Waals surface area contributed by atoms with Gasteiger partial charge in [0, 0.05) is 6.20 Å². The zero-order valence-electron chi connectivity index (χ0n) is 8.62. The average Bonchev–Trinajstić information content (AvgIpc) is 2.84. The monoisotopic (exact) mass is 242 g/mol. The summed E-state index contributed by atoms with van der Waals surface area (Å²) in [6, 6.07) is 1.45. The zero-order valence-corrected chi connectivity index (χ0v) is 9.38. The second kappa shape index (κ2) is 3.86. The van der Waals surface area contributed by atoms with Gasteiger partial charge in [-0.25, -0.2) is 9.37 Å². The Morgan fingerprint density at radius 3 is 3.00 bits per heavy atom. The van der Waals surface area contributed by atoms with Gasteiger partial charge in [-0.15, -0.1) is 0 Å². The number of hydrogen-bond donors (Lipinski definition) is 1. The largest absolute Gasteiger partial charge is 0.373 e. The normalized spacial score (nSPS) is 32.0. The molecular weight excluding hydrogens is 231 g/mol.